The van der Waals surface area contributed by atoms with Crippen molar-refractivity contribution in [1.29, 1.82) is 0 Å². The molecule has 20 heavy (non-hydrogen) atoms. The predicted molar refractivity (Wildman–Crippen MR) is 79.5 cm³/mol. The molecule has 0 N–H and O–H groups in total. The van der Waals surface area contributed by atoms with Crippen LogP contribution in [0.5, 0.6) is 0 Å². The second-order valence-corrected chi connectivity index (χ2v) is 5.80. The Labute approximate surface area is 125 Å². The molecule has 2 aromatic rings. The zero-order valence-corrected chi connectivity index (χ0v) is 12.7. The van der Waals surface area contributed by atoms with Crippen molar-refractivity contribution in [3.05, 3.63) is 47.0 Å². The van der Waals surface area contributed by atoms with Gasteiger partial charge in [0.2, 0.25) is 5.91 Å². The second-order valence-electron chi connectivity index (χ2n) is 4.88. The Kier molecular flexibility index (Phi) is 3.61. The Bertz CT molecular complexity index is 595. The number of halogens is 1. The van der Waals surface area contributed by atoms with E-state index >= 15 is 0 Å². The van der Waals surface area contributed by atoms with Crippen molar-refractivity contribution in [2.45, 2.75) is 19.3 Å². The lowest BCUT2D eigenvalue weighted by atomic mass is 10.2. The average Bonchev–Trinajstić information content (AvgIpc) is 3.07. The molecule has 104 valence electrons. The van der Waals surface area contributed by atoms with Gasteiger partial charge >= 0.3 is 0 Å². The van der Waals surface area contributed by atoms with Gasteiger partial charge in [-0.15, -0.1) is 0 Å². The molecule has 0 spiro atoms. The van der Waals surface area contributed by atoms with Gasteiger partial charge in [-0.3, -0.25) is 9.69 Å². The van der Waals surface area contributed by atoms with Gasteiger partial charge in [0.25, 0.3) is 0 Å². The smallest absolute Gasteiger partial charge is 0.232 e. The summed E-state index contributed by atoms with van der Waals surface area (Å²) in [5.74, 6) is 1.98. The molecule has 4 nitrogen and oxygen atoms in total. The largest absolute Gasteiger partial charge is 0.469 e. The van der Waals surface area contributed by atoms with Crippen LogP contribution in [0.4, 0.5) is 5.82 Å². The van der Waals surface area contributed by atoms with E-state index in [4.69, 9.17) is 4.42 Å². The van der Waals surface area contributed by atoms with E-state index in [2.05, 4.69) is 20.9 Å². The normalized spacial score (nSPS) is 20.7. The van der Waals surface area contributed by atoms with Crippen LogP contribution in [-0.4, -0.2) is 17.4 Å². The molecule has 1 fully saturated rings. The highest BCUT2D eigenvalue weighted by atomic mass is 79.9. The Hall–Kier alpha value is -1.62. The Morgan fingerprint density at radius 3 is 2.95 bits per heavy atom. The van der Waals surface area contributed by atoms with Crippen molar-refractivity contribution >= 4 is 27.7 Å². The molecule has 5 heteroatoms. The molecule has 2 aromatic heterocycles. The Morgan fingerprint density at radius 2 is 2.35 bits per heavy atom. The monoisotopic (exact) mass is 334 g/mol. The van der Waals surface area contributed by atoms with Gasteiger partial charge in [0.1, 0.15) is 11.6 Å². The first-order valence-corrected chi connectivity index (χ1v) is 7.46. The van der Waals surface area contributed by atoms with Gasteiger partial charge in [0.05, 0.1) is 6.26 Å². The van der Waals surface area contributed by atoms with E-state index in [1.54, 1.807) is 17.4 Å². The summed E-state index contributed by atoms with van der Waals surface area (Å²) in [6, 6.07) is 7.56. The molecule has 0 aromatic carbocycles. The van der Waals surface area contributed by atoms with Crippen molar-refractivity contribution in [1.82, 2.24) is 4.98 Å². The van der Waals surface area contributed by atoms with E-state index in [0.29, 0.717) is 12.4 Å². The first-order chi connectivity index (χ1) is 9.70. The summed E-state index contributed by atoms with van der Waals surface area (Å²) in [5.41, 5.74) is 0. The number of nitrogens with zero attached hydrogens (tertiary/aromatic N) is 2. The molecule has 0 unspecified atom stereocenters. The maximum absolute atomic E-state index is 12.6. The lowest BCUT2D eigenvalue weighted by molar-refractivity contribution is -0.119. The van der Waals surface area contributed by atoms with Crippen molar-refractivity contribution in [3.63, 3.8) is 0 Å². The number of aromatic nitrogens is 1. The summed E-state index contributed by atoms with van der Waals surface area (Å²) in [4.78, 5) is 18.6. The summed E-state index contributed by atoms with van der Waals surface area (Å²) in [6.07, 6.45) is 4.23. The minimum atomic E-state index is 0.0200. The highest BCUT2D eigenvalue weighted by molar-refractivity contribution is 9.10. The van der Waals surface area contributed by atoms with Gasteiger partial charge in [-0.25, -0.2) is 4.98 Å². The average molecular weight is 335 g/mol. The van der Waals surface area contributed by atoms with Crippen molar-refractivity contribution in [2.75, 3.05) is 11.4 Å². The lowest BCUT2D eigenvalue weighted by Crippen LogP contribution is -2.33. The van der Waals surface area contributed by atoms with Crippen molar-refractivity contribution in [3.8, 4) is 0 Å². The Balaban J connectivity index is 1.74. The van der Waals surface area contributed by atoms with Crippen LogP contribution < -0.4 is 4.90 Å². The van der Waals surface area contributed by atoms with Crippen LogP contribution in [0.2, 0.25) is 0 Å². The molecule has 1 aliphatic rings. The molecular formula is C15H15BrN2O2. The van der Waals surface area contributed by atoms with E-state index < -0.39 is 0 Å². The highest BCUT2D eigenvalue weighted by Gasteiger charge is 2.47. The molecule has 0 saturated heterocycles. The van der Waals surface area contributed by atoms with E-state index in [-0.39, 0.29) is 17.7 Å². The zero-order chi connectivity index (χ0) is 14.1. The minimum absolute atomic E-state index is 0.0200. The van der Waals surface area contributed by atoms with Crippen molar-refractivity contribution < 1.29 is 9.21 Å². The number of amides is 1. The van der Waals surface area contributed by atoms with Crippen LogP contribution in [-0.2, 0) is 4.79 Å². The van der Waals surface area contributed by atoms with Gasteiger partial charge in [0.15, 0.2) is 0 Å². The second kappa shape index (κ2) is 5.40. The molecule has 2 atom stereocenters. The van der Waals surface area contributed by atoms with E-state index in [1.807, 2.05) is 31.2 Å². The third-order valence-corrected chi connectivity index (χ3v) is 4.06. The quantitative estimate of drug-likeness (QED) is 0.858. The summed E-state index contributed by atoms with van der Waals surface area (Å²) in [5, 5.41) is 0. The third-order valence-electron chi connectivity index (χ3n) is 3.59. The Morgan fingerprint density at radius 1 is 1.50 bits per heavy atom. The van der Waals surface area contributed by atoms with Gasteiger partial charge in [-0.1, -0.05) is 0 Å². The number of pyridine rings is 1. The number of carbonyl (C=O) groups excluding carboxylic acids is 1. The zero-order valence-electron chi connectivity index (χ0n) is 11.1. The van der Waals surface area contributed by atoms with Crippen LogP contribution >= 0.6 is 15.9 Å². The molecule has 1 aliphatic carbocycles. The molecule has 2 heterocycles. The summed E-state index contributed by atoms with van der Waals surface area (Å²) >= 11 is 3.35. The number of anilines is 1. The maximum atomic E-state index is 12.6. The first-order valence-electron chi connectivity index (χ1n) is 6.67. The molecule has 0 radical (unpaired) electrons. The summed E-state index contributed by atoms with van der Waals surface area (Å²) in [7, 11) is 0. The van der Waals surface area contributed by atoms with Gasteiger partial charge < -0.3 is 4.42 Å². The number of hydrogen-bond acceptors (Lipinski definition) is 3. The molecule has 3 rings (SSSR count). The molecular weight excluding hydrogens is 320 g/mol. The maximum Gasteiger partial charge on any atom is 0.232 e. The number of hydrogen-bond donors (Lipinski definition) is 0. The van der Waals surface area contributed by atoms with Crippen LogP contribution in [0, 0.1) is 5.92 Å². The van der Waals surface area contributed by atoms with Crippen LogP contribution in [0.1, 0.15) is 25.0 Å². The molecule has 0 bridgehead atoms. The fourth-order valence-electron chi connectivity index (χ4n) is 2.44. The molecule has 1 amide bonds. The fraction of sp³-hybridized carbons (Fsp3) is 0.333. The molecule has 1 saturated carbocycles. The van der Waals surface area contributed by atoms with Gasteiger partial charge in [-0.2, -0.15) is 0 Å². The standard InChI is InChI=1S/C15H15BrN2O2/c1-2-18(14-6-5-10(16)9-17-14)15(19)12-8-11(12)13-4-3-7-20-13/h3-7,9,11-12H,2,8H2,1H3/t11-,12-/m0/s1. The summed E-state index contributed by atoms with van der Waals surface area (Å²) < 4.78 is 6.29. The number of furan rings is 1. The van der Waals surface area contributed by atoms with Crippen LogP contribution in [0.15, 0.2) is 45.6 Å². The summed E-state index contributed by atoms with van der Waals surface area (Å²) in [6.45, 7) is 2.58. The number of carbonyl (C=O) groups is 1. The fourth-order valence-corrected chi connectivity index (χ4v) is 2.68. The predicted octanol–water partition coefficient (Wildman–Crippen LogP) is 3.59. The van der Waals surface area contributed by atoms with E-state index in [1.165, 1.54) is 0 Å². The highest BCUT2D eigenvalue weighted by Crippen LogP contribution is 2.48. The van der Waals surface area contributed by atoms with Gasteiger partial charge in [-0.05, 0) is 53.5 Å². The van der Waals surface area contributed by atoms with Crippen LogP contribution in [0.3, 0.4) is 0 Å². The van der Waals surface area contributed by atoms with E-state index in [0.717, 1.165) is 16.7 Å². The minimum Gasteiger partial charge on any atom is -0.469 e. The third kappa shape index (κ3) is 2.50. The topological polar surface area (TPSA) is 46.3 Å². The lowest BCUT2D eigenvalue weighted by Gasteiger charge is -2.20. The van der Waals surface area contributed by atoms with Gasteiger partial charge in [0, 0.05) is 29.1 Å². The van der Waals surface area contributed by atoms with Crippen LogP contribution in [0.25, 0.3) is 0 Å². The molecule has 0 aliphatic heterocycles. The van der Waals surface area contributed by atoms with E-state index in [9.17, 15) is 4.79 Å². The van der Waals surface area contributed by atoms with Crippen molar-refractivity contribution in [2.24, 2.45) is 5.92 Å². The first kappa shape index (κ1) is 13.4. The SMILES string of the molecule is CCN(C(=O)[C@H]1C[C@@H]1c1ccco1)c1ccc(Br)cn1. The number of rotatable bonds is 4.